The van der Waals surface area contributed by atoms with Crippen LogP contribution in [0.4, 0.5) is 51.2 Å². The average Bonchev–Trinajstić information content (AvgIpc) is 0.873. The van der Waals surface area contributed by atoms with Crippen molar-refractivity contribution >= 4 is 134 Å². The van der Waals surface area contributed by atoms with E-state index in [0.717, 1.165) is 140 Å². The third kappa shape index (κ3) is 10.7. The molecule has 19 aromatic rings. The van der Waals surface area contributed by atoms with Gasteiger partial charge < -0.3 is 23.5 Å². The Morgan fingerprint density at radius 3 is 1.20 bits per heavy atom. The Bertz CT molecular complexity index is 6670. The maximum absolute atomic E-state index is 6.53. The molecule has 0 amide bonds. The molecule has 3 aromatic heterocycles. The van der Waals surface area contributed by atoms with Crippen LogP contribution in [0.2, 0.25) is 0 Å². The zero-order valence-corrected chi connectivity index (χ0v) is 62.3. The Balaban J connectivity index is 0.892. The van der Waals surface area contributed by atoms with Crippen molar-refractivity contribution in [1.82, 2.24) is 4.40 Å². The summed E-state index contributed by atoms with van der Waals surface area (Å²) < 4.78 is 9.02. The molecule has 6 heteroatoms. The highest BCUT2D eigenvalue weighted by Gasteiger charge is 2.45. The van der Waals surface area contributed by atoms with Crippen molar-refractivity contribution < 1.29 is 4.42 Å². The van der Waals surface area contributed by atoms with Gasteiger partial charge in [0.25, 0.3) is 6.71 Å². The van der Waals surface area contributed by atoms with Crippen LogP contribution in [0.5, 0.6) is 0 Å². The van der Waals surface area contributed by atoms with E-state index in [9.17, 15) is 0 Å². The highest BCUT2D eigenvalue weighted by atomic mass is 16.3. The van der Waals surface area contributed by atoms with Gasteiger partial charge in [-0.25, -0.2) is 0 Å². The third-order valence-electron chi connectivity index (χ3n) is 23.3. The van der Waals surface area contributed by atoms with Crippen molar-refractivity contribution in [2.75, 3.05) is 14.7 Å². The van der Waals surface area contributed by atoms with Crippen LogP contribution < -0.4 is 31.1 Å². The molecule has 0 saturated carbocycles. The SMILES string of the molecule is CC(C)(C)c1ccc(N(c2ccc(C(C)(C)C)cc2)c2ccc3c(c2)N(c2cc(-c4ccccc4)cc(-c4ccccc4)c2)c2cc(-c4ccc5c(c4)c4cccc6c7ccccc7n5c64)cc4c2B3c2ccc(-c3ccc5oc6ccccc6c5c3)cc2N4c2cc(-c3ccccc3)cc(-c3ccccc3)c2)cc1. The second-order valence-corrected chi connectivity index (χ2v) is 32.1. The Morgan fingerprint density at radius 1 is 0.264 bits per heavy atom. The molecule has 0 aliphatic carbocycles. The van der Waals surface area contributed by atoms with Crippen LogP contribution in [0.1, 0.15) is 52.7 Å². The monoisotopic (exact) mass is 1410 g/mol. The Labute approximate surface area is 641 Å². The number of hydrogen-bond acceptors (Lipinski definition) is 4. The first-order valence-electron chi connectivity index (χ1n) is 38.5. The molecule has 0 N–H and O–H groups in total. The predicted octanol–water partition coefficient (Wildman–Crippen LogP) is 26.9. The van der Waals surface area contributed by atoms with Gasteiger partial charge >= 0.3 is 0 Å². The second kappa shape index (κ2) is 25.1. The van der Waals surface area contributed by atoms with Gasteiger partial charge in [0.15, 0.2) is 0 Å². The van der Waals surface area contributed by atoms with E-state index < -0.39 is 0 Å². The van der Waals surface area contributed by atoms with Crippen molar-refractivity contribution in [2.45, 2.75) is 52.4 Å². The van der Waals surface area contributed by atoms with E-state index in [1.165, 1.54) is 65.6 Å². The fraction of sp³-hybridized carbons (Fsp3) is 0.0769. The minimum Gasteiger partial charge on any atom is -0.456 e. The molecule has 522 valence electrons. The molecule has 5 heterocycles. The van der Waals surface area contributed by atoms with Crippen molar-refractivity contribution in [2.24, 2.45) is 0 Å². The molecule has 110 heavy (non-hydrogen) atoms. The third-order valence-corrected chi connectivity index (χ3v) is 23.3. The van der Waals surface area contributed by atoms with E-state index >= 15 is 0 Å². The molecule has 2 aliphatic rings. The van der Waals surface area contributed by atoms with Crippen molar-refractivity contribution in [3.8, 4) is 66.8 Å². The van der Waals surface area contributed by atoms with Crippen LogP contribution in [0.3, 0.4) is 0 Å². The number of anilines is 9. The van der Waals surface area contributed by atoms with Crippen LogP contribution in [0.15, 0.2) is 362 Å². The number of fused-ring (bicyclic) bond motifs is 13. The van der Waals surface area contributed by atoms with Crippen LogP contribution in [0.25, 0.3) is 127 Å². The lowest BCUT2D eigenvalue weighted by molar-refractivity contribution is 0.590. The quantitative estimate of drug-likeness (QED) is 0.121. The highest BCUT2D eigenvalue weighted by molar-refractivity contribution is 7.00. The zero-order valence-electron chi connectivity index (χ0n) is 62.3. The predicted molar refractivity (Wildman–Crippen MR) is 467 cm³/mol. The second-order valence-electron chi connectivity index (χ2n) is 32.1. The van der Waals surface area contributed by atoms with E-state index in [1.54, 1.807) is 0 Å². The van der Waals surface area contributed by atoms with Gasteiger partial charge in [0, 0.05) is 83.5 Å². The first kappa shape index (κ1) is 64.9. The van der Waals surface area contributed by atoms with Gasteiger partial charge in [-0.1, -0.05) is 272 Å². The summed E-state index contributed by atoms with van der Waals surface area (Å²) in [4.78, 5) is 7.75. The molecule has 16 aromatic carbocycles. The van der Waals surface area contributed by atoms with Gasteiger partial charge in [0.1, 0.15) is 11.2 Å². The minimum absolute atomic E-state index is 0.0413. The summed E-state index contributed by atoms with van der Waals surface area (Å²) in [5.41, 5.74) is 34.8. The summed E-state index contributed by atoms with van der Waals surface area (Å²) in [6.45, 7) is 13.5. The lowest BCUT2D eigenvalue weighted by Gasteiger charge is -2.45. The lowest BCUT2D eigenvalue weighted by atomic mass is 9.33. The number of aromatic nitrogens is 1. The molecule has 0 unspecified atom stereocenters. The number of hydrogen-bond donors (Lipinski definition) is 0. The van der Waals surface area contributed by atoms with Gasteiger partial charge in [-0.15, -0.1) is 0 Å². The molecule has 0 atom stereocenters. The molecule has 0 bridgehead atoms. The lowest BCUT2D eigenvalue weighted by Crippen LogP contribution is -2.61. The Morgan fingerprint density at radius 2 is 0.655 bits per heavy atom. The maximum Gasteiger partial charge on any atom is 0.252 e. The van der Waals surface area contributed by atoms with Gasteiger partial charge in [0.2, 0.25) is 0 Å². The van der Waals surface area contributed by atoms with Gasteiger partial charge in [-0.05, 0) is 233 Å². The van der Waals surface area contributed by atoms with Gasteiger partial charge in [0.05, 0.1) is 16.6 Å². The molecule has 0 radical (unpaired) electrons. The standard InChI is InChI=1S/C104H77BN4O/c1-103(2,3)78-41-45-80(46-42-78)106(81-47-43-79(44-48-81)104(4,5)6)82-49-51-92-96(65-82)108(84-58-75(68-28-15-9-16-29-68)55-76(59-84)69-30-17-10-18-31-69)98-64-77(71-39-52-94-89(60-71)88-35-23-34-87-85-32-19-21-36-93(85)109(94)102(87)88)63-97-101(98)105(92)91-50-38-72(70-40-53-100-90(61-70)86-33-20-22-37-99(86)110-100)62-95(91)107(97)83-56-73(66-24-11-7-12-25-66)54-74(57-83)67-26-13-8-14-27-67/h7-65H,1-6H3. The minimum atomic E-state index is -0.255. The molecule has 0 saturated heterocycles. The molecule has 21 rings (SSSR count). The molecule has 0 spiro atoms. The van der Waals surface area contributed by atoms with Gasteiger partial charge in [-0.2, -0.15) is 0 Å². The fourth-order valence-corrected chi connectivity index (χ4v) is 17.9. The number of rotatable bonds is 11. The molecule has 5 nitrogen and oxygen atoms in total. The smallest absolute Gasteiger partial charge is 0.252 e. The van der Waals surface area contributed by atoms with E-state index in [4.69, 9.17) is 4.42 Å². The number of benzene rings is 16. The van der Waals surface area contributed by atoms with Crippen LogP contribution in [0, 0.1) is 0 Å². The van der Waals surface area contributed by atoms with Crippen LogP contribution in [-0.2, 0) is 10.8 Å². The van der Waals surface area contributed by atoms with E-state index in [2.05, 4.69) is 419 Å². The van der Waals surface area contributed by atoms with Crippen molar-refractivity contribution in [3.63, 3.8) is 0 Å². The Kier molecular flexibility index (Phi) is 14.8. The van der Waals surface area contributed by atoms with E-state index in [1.807, 2.05) is 0 Å². The van der Waals surface area contributed by atoms with Crippen molar-refractivity contribution in [3.05, 3.63) is 369 Å². The van der Waals surface area contributed by atoms with E-state index in [-0.39, 0.29) is 17.5 Å². The number of furan rings is 1. The maximum atomic E-state index is 6.53. The largest absolute Gasteiger partial charge is 0.456 e. The van der Waals surface area contributed by atoms with Crippen LogP contribution >= 0.6 is 0 Å². The Hall–Kier alpha value is -13.4. The average molecular weight is 1410 g/mol. The van der Waals surface area contributed by atoms with E-state index in [0.29, 0.717) is 0 Å². The van der Waals surface area contributed by atoms with Crippen LogP contribution in [-0.4, -0.2) is 11.1 Å². The summed E-state index contributed by atoms with van der Waals surface area (Å²) in [6, 6.07) is 135. The fourth-order valence-electron chi connectivity index (χ4n) is 17.9. The summed E-state index contributed by atoms with van der Waals surface area (Å²) in [6.07, 6.45) is 0. The number of nitrogens with zero attached hydrogens (tertiary/aromatic N) is 4. The highest BCUT2D eigenvalue weighted by Crippen LogP contribution is 2.52. The first-order chi connectivity index (χ1) is 53.8. The normalized spacial score (nSPS) is 12.8. The molecular weight excluding hydrogens is 1330 g/mol. The summed E-state index contributed by atoms with van der Waals surface area (Å²) in [5, 5.41) is 7.19. The number of para-hydroxylation sites is 3. The summed E-state index contributed by atoms with van der Waals surface area (Å²) in [7, 11) is 0. The first-order valence-corrected chi connectivity index (χ1v) is 38.5. The van der Waals surface area contributed by atoms with Gasteiger partial charge in [-0.3, -0.25) is 0 Å². The molecule has 2 aliphatic heterocycles. The topological polar surface area (TPSA) is 27.3 Å². The summed E-state index contributed by atoms with van der Waals surface area (Å²) in [5.74, 6) is 0. The summed E-state index contributed by atoms with van der Waals surface area (Å²) >= 11 is 0. The zero-order chi connectivity index (χ0) is 73.7. The van der Waals surface area contributed by atoms with Crippen molar-refractivity contribution in [1.29, 1.82) is 0 Å². The molecular formula is C104H77BN4O. The molecule has 0 fully saturated rings.